The van der Waals surface area contributed by atoms with Crippen LogP contribution < -0.4 is 5.32 Å². The van der Waals surface area contributed by atoms with Crippen LogP contribution in [0, 0.1) is 11.6 Å². The van der Waals surface area contributed by atoms with Gasteiger partial charge in [0.15, 0.2) is 0 Å². The lowest BCUT2D eigenvalue weighted by Gasteiger charge is -2.11. The molecule has 0 saturated carbocycles. The molecule has 19 heavy (non-hydrogen) atoms. The molecule has 0 aliphatic rings. The smallest absolute Gasteiger partial charge is 0.146 e. The molecule has 0 radical (unpaired) electrons. The van der Waals surface area contributed by atoms with Gasteiger partial charge in [-0.05, 0) is 29.3 Å². The van der Waals surface area contributed by atoms with Crippen molar-refractivity contribution < 1.29 is 13.5 Å². The molecular weight excluding hydrogens is 248 g/mol. The van der Waals surface area contributed by atoms with Gasteiger partial charge in [-0.2, -0.15) is 0 Å². The van der Waals surface area contributed by atoms with Crippen LogP contribution in [0.25, 0.3) is 0 Å². The van der Waals surface area contributed by atoms with Crippen molar-refractivity contribution in [1.29, 1.82) is 0 Å². The standard InChI is InChI=1S/C15H15F2NO/c1-19-10-12-5-3-2-4-11(12)9-18-15-8-13(16)6-7-14(15)17/h2-8,18H,9-10H2,1H3. The number of benzene rings is 2. The number of hydrogen-bond acceptors (Lipinski definition) is 2. The van der Waals surface area contributed by atoms with Crippen LogP contribution in [0.5, 0.6) is 0 Å². The summed E-state index contributed by atoms with van der Waals surface area (Å²) < 4.78 is 31.6. The second-order valence-electron chi connectivity index (χ2n) is 4.18. The first-order chi connectivity index (χ1) is 9.20. The van der Waals surface area contributed by atoms with E-state index in [1.807, 2.05) is 24.3 Å². The Hall–Kier alpha value is -1.94. The van der Waals surface area contributed by atoms with E-state index in [0.29, 0.717) is 13.2 Å². The fourth-order valence-corrected chi connectivity index (χ4v) is 1.85. The zero-order valence-electron chi connectivity index (χ0n) is 10.6. The molecule has 0 atom stereocenters. The number of anilines is 1. The molecule has 0 aliphatic heterocycles. The maximum Gasteiger partial charge on any atom is 0.146 e. The summed E-state index contributed by atoms with van der Waals surface area (Å²) in [7, 11) is 1.62. The molecule has 0 unspecified atom stereocenters. The fourth-order valence-electron chi connectivity index (χ4n) is 1.85. The molecule has 2 nitrogen and oxygen atoms in total. The van der Waals surface area contributed by atoms with Crippen molar-refractivity contribution in [2.45, 2.75) is 13.2 Å². The summed E-state index contributed by atoms with van der Waals surface area (Å²) in [5.74, 6) is -0.931. The Morgan fingerprint density at radius 2 is 1.79 bits per heavy atom. The van der Waals surface area contributed by atoms with Crippen molar-refractivity contribution in [1.82, 2.24) is 0 Å². The van der Waals surface area contributed by atoms with Crippen molar-refractivity contribution in [2.75, 3.05) is 12.4 Å². The van der Waals surface area contributed by atoms with Gasteiger partial charge in [0.1, 0.15) is 11.6 Å². The zero-order valence-corrected chi connectivity index (χ0v) is 10.6. The van der Waals surface area contributed by atoms with Gasteiger partial charge >= 0.3 is 0 Å². The first kappa shape index (κ1) is 13.5. The van der Waals surface area contributed by atoms with Gasteiger partial charge in [0.25, 0.3) is 0 Å². The third-order valence-corrected chi connectivity index (χ3v) is 2.82. The largest absolute Gasteiger partial charge is 0.380 e. The maximum atomic E-state index is 13.5. The number of halogens is 2. The molecular formula is C15H15F2NO. The molecule has 0 aliphatic carbocycles. The van der Waals surface area contributed by atoms with Crippen molar-refractivity contribution in [3.05, 3.63) is 65.2 Å². The molecule has 0 saturated heterocycles. The SMILES string of the molecule is COCc1ccccc1CNc1cc(F)ccc1F. The minimum absolute atomic E-state index is 0.159. The molecule has 0 spiro atoms. The van der Waals surface area contributed by atoms with Crippen LogP contribution in [0.3, 0.4) is 0 Å². The second-order valence-corrected chi connectivity index (χ2v) is 4.18. The number of nitrogens with one attached hydrogen (secondary N) is 1. The second kappa shape index (κ2) is 6.29. The molecule has 0 heterocycles. The highest BCUT2D eigenvalue weighted by atomic mass is 19.1. The van der Waals surface area contributed by atoms with Crippen LogP contribution >= 0.6 is 0 Å². The van der Waals surface area contributed by atoms with Crippen molar-refractivity contribution in [2.24, 2.45) is 0 Å². The molecule has 100 valence electrons. The number of ether oxygens (including phenoxy) is 1. The van der Waals surface area contributed by atoms with Gasteiger partial charge in [-0.25, -0.2) is 8.78 Å². The van der Waals surface area contributed by atoms with E-state index < -0.39 is 11.6 Å². The lowest BCUT2D eigenvalue weighted by Crippen LogP contribution is -2.05. The highest BCUT2D eigenvalue weighted by Gasteiger charge is 2.05. The van der Waals surface area contributed by atoms with Gasteiger partial charge in [-0.3, -0.25) is 0 Å². The van der Waals surface area contributed by atoms with E-state index >= 15 is 0 Å². The first-order valence-electron chi connectivity index (χ1n) is 5.95. The van der Waals surface area contributed by atoms with Gasteiger partial charge < -0.3 is 10.1 Å². The predicted molar refractivity (Wildman–Crippen MR) is 70.8 cm³/mol. The van der Waals surface area contributed by atoms with Crippen LogP contribution in [0.4, 0.5) is 14.5 Å². The maximum absolute atomic E-state index is 13.5. The molecule has 0 bridgehead atoms. The normalized spacial score (nSPS) is 10.5. The Morgan fingerprint density at radius 3 is 2.53 bits per heavy atom. The minimum atomic E-state index is -0.467. The number of hydrogen-bond donors (Lipinski definition) is 1. The van der Waals surface area contributed by atoms with Crippen LogP contribution in [0.1, 0.15) is 11.1 Å². The van der Waals surface area contributed by atoms with E-state index in [1.165, 1.54) is 0 Å². The van der Waals surface area contributed by atoms with E-state index in [4.69, 9.17) is 4.74 Å². The fraction of sp³-hybridized carbons (Fsp3) is 0.200. The number of rotatable bonds is 5. The van der Waals surface area contributed by atoms with Crippen LogP contribution in [0.2, 0.25) is 0 Å². The van der Waals surface area contributed by atoms with E-state index in [9.17, 15) is 8.78 Å². The summed E-state index contributed by atoms with van der Waals surface area (Å²) >= 11 is 0. The molecule has 1 N–H and O–H groups in total. The predicted octanol–water partition coefficient (Wildman–Crippen LogP) is 3.72. The Labute approximate surface area is 111 Å². The topological polar surface area (TPSA) is 21.3 Å². The molecule has 0 aromatic heterocycles. The van der Waals surface area contributed by atoms with E-state index in [1.54, 1.807) is 7.11 Å². The van der Waals surface area contributed by atoms with E-state index in [0.717, 1.165) is 29.3 Å². The summed E-state index contributed by atoms with van der Waals surface area (Å²) in [6.45, 7) is 0.906. The van der Waals surface area contributed by atoms with Gasteiger partial charge in [-0.1, -0.05) is 24.3 Å². The van der Waals surface area contributed by atoms with Crippen molar-refractivity contribution in [3.8, 4) is 0 Å². The lowest BCUT2D eigenvalue weighted by molar-refractivity contribution is 0.184. The Kier molecular flexibility index (Phi) is 4.47. The van der Waals surface area contributed by atoms with Crippen molar-refractivity contribution >= 4 is 5.69 Å². The van der Waals surface area contributed by atoms with E-state index in [2.05, 4.69) is 5.32 Å². The van der Waals surface area contributed by atoms with Gasteiger partial charge in [0.2, 0.25) is 0 Å². The third-order valence-electron chi connectivity index (χ3n) is 2.82. The molecule has 4 heteroatoms. The first-order valence-corrected chi connectivity index (χ1v) is 5.95. The van der Waals surface area contributed by atoms with E-state index in [-0.39, 0.29) is 5.69 Å². The Bertz CT molecular complexity index is 558. The molecule has 0 fully saturated rings. The van der Waals surface area contributed by atoms with Gasteiger partial charge in [0.05, 0.1) is 12.3 Å². The third kappa shape index (κ3) is 3.51. The van der Waals surface area contributed by atoms with Crippen LogP contribution in [0.15, 0.2) is 42.5 Å². The van der Waals surface area contributed by atoms with Gasteiger partial charge in [-0.15, -0.1) is 0 Å². The Balaban J connectivity index is 2.12. The highest BCUT2D eigenvalue weighted by Crippen LogP contribution is 2.18. The number of methoxy groups -OCH3 is 1. The van der Waals surface area contributed by atoms with Crippen LogP contribution in [-0.4, -0.2) is 7.11 Å². The summed E-state index contributed by atoms with van der Waals surface area (Å²) in [4.78, 5) is 0. The van der Waals surface area contributed by atoms with Crippen molar-refractivity contribution in [3.63, 3.8) is 0 Å². The summed E-state index contributed by atoms with van der Waals surface area (Å²) in [6.07, 6.45) is 0. The summed E-state index contributed by atoms with van der Waals surface area (Å²) in [6, 6.07) is 11.0. The highest BCUT2D eigenvalue weighted by molar-refractivity contribution is 5.46. The average Bonchev–Trinajstić information content (AvgIpc) is 2.42. The molecule has 2 rings (SSSR count). The summed E-state index contributed by atoms with van der Waals surface area (Å²) in [5, 5.41) is 2.90. The van der Waals surface area contributed by atoms with Gasteiger partial charge in [0, 0.05) is 13.7 Å². The zero-order chi connectivity index (χ0) is 13.7. The monoisotopic (exact) mass is 263 g/mol. The summed E-state index contributed by atoms with van der Waals surface area (Å²) in [5.41, 5.74) is 2.18. The average molecular weight is 263 g/mol. The minimum Gasteiger partial charge on any atom is -0.380 e. The lowest BCUT2D eigenvalue weighted by atomic mass is 10.1. The molecule has 0 amide bonds. The molecule has 2 aromatic carbocycles. The quantitative estimate of drug-likeness (QED) is 0.887. The van der Waals surface area contributed by atoms with Crippen LogP contribution in [-0.2, 0) is 17.9 Å². The molecule has 2 aromatic rings. The Morgan fingerprint density at radius 1 is 1.05 bits per heavy atom.